The summed E-state index contributed by atoms with van der Waals surface area (Å²) in [6, 6.07) is 10.3. The molecule has 19 heavy (non-hydrogen) atoms. The number of piperidine rings is 1. The number of benzene rings is 1. The van der Waals surface area contributed by atoms with Crippen molar-refractivity contribution in [2.45, 2.75) is 38.4 Å². The number of hydrogen-bond acceptors (Lipinski definition) is 3. The quantitative estimate of drug-likeness (QED) is 0.854. The molecule has 1 saturated heterocycles. The van der Waals surface area contributed by atoms with Gasteiger partial charge < -0.3 is 11.1 Å². The molecule has 0 radical (unpaired) electrons. The smallest absolute Gasteiger partial charge is 0.236 e. The Labute approximate surface area is 115 Å². The van der Waals surface area contributed by atoms with Crippen LogP contribution in [0.2, 0.25) is 0 Å². The maximum atomic E-state index is 11.6. The van der Waals surface area contributed by atoms with E-state index in [-0.39, 0.29) is 11.9 Å². The van der Waals surface area contributed by atoms with Gasteiger partial charge >= 0.3 is 0 Å². The number of amides is 1. The van der Waals surface area contributed by atoms with E-state index in [1.54, 1.807) is 6.92 Å². The predicted octanol–water partition coefficient (Wildman–Crippen LogP) is 1.11. The summed E-state index contributed by atoms with van der Waals surface area (Å²) < 4.78 is 0. The molecule has 0 bridgehead atoms. The topological polar surface area (TPSA) is 58.4 Å². The van der Waals surface area contributed by atoms with Gasteiger partial charge in [0.2, 0.25) is 5.91 Å². The minimum Gasteiger partial charge on any atom is -0.351 e. The molecule has 2 atom stereocenters. The molecule has 4 heteroatoms. The molecule has 1 aromatic rings. The third-order valence-electron chi connectivity index (χ3n) is 3.51. The first-order valence-corrected chi connectivity index (χ1v) is 6.97. The monoisotopic (exact) mass is 261 g/mol. The van der Waals surface area contributed by atoms with Crippen molar-refractivity contribution in [3.05, 3.63) is 35.9 Å². The van der Waals surface area contributed by atoms with Crippen LogP contribution in [0, 0.1) is 0 Å². The molecule has 1 aromatic carbocycles. The molecule has 104 valence electrons. The Morgan fingerprint density at radius 1 is 1.47 bits per heavy atom. The number of nitrogens with zero attached hydrogens (tertiary/aromatic N) is 1. The van der Waals surface area contributed by atoms with E-state index in [2.05, 4.69) is 34.5 Å². The van der Waals surface area contributed by atoms with Gasteiger partial charge in [0.15, 0.2) is 0 Å². The van der Waals surface area contributed by atoms with Gasteiger partial charge in [-0.05, 0) is 31.9 Å². The predicted molar refractivity (Wildman–Crippen MR) is 76.5 cm³/mol. The lowest BCUT2D eigenvalue weighted by Crippen LogP contribution is -2.51. The van der Waals surface area contributed by atoms with Crippen LogP contribution in [0.3, 0.4) is 0 Å². The standard InChI is InChI=1S/C15H23N3O/c1-12(16)15(19)17-14-8-5-9-18(11-14)10-13-6-3-2-4-7-13/h2-4,6-7,12,14H,5,8-11,16H2,1H3,(H,17,19)/t12?,14-/m0/s1. The van der Waals surface area contributed by atoms with Crippen LogP contribution in [0.5, 0.6) is 0 Å². The third-order valence-corrected chi connectivity index (χ3v) is 3.51. The van der Waals surface area contributed by atoms with Crippen molar-refractivity contribution < 1.29 is 4.79 Å². The average molecular weight is 261 g/mol. The number of carbonyl (C=O) groups excluding carboxylic acids is 1. The second kappa shape index (κ2) is 6.68. The van der Waals surface area contributed by atoms with Gasteiger partial charge in [0, 0.05) is 19.1 Å². The first kappa shape index (κ1) is 14.0. The fraction of sp³-hybridized carbons (Fsp3) is 0.533. The highest BCUT2D eigenvalue weighted by atomic mass is 16.2. The van der Waals surface area contributed by atoms with Crippen LogP contribution >= 0.6 is 0 Å². The molecule has 0 aromatic heterocycles. The molecule has 2 rings (SSSR count). The first-order chi connectivity index (χ1) is 9.15. The van der Waals surface area contributed by atoms with Crippen molar-refractivity contribution in [1.82, 2.24) is 10.2 Å². The van der Waals surface area contributed by atoms with E-state index in [1.165, 1.54) is 5.56 Å². The molecular weight excluding hydrogens is 238 g/mol. The van der Waals surface area contributed by atoms with Crippen LogP contribution in [-0.4, -0.2) is 36.0 Å². The molecule has 1 heterocycles. The lowest BCUT2D eigenvalue weighted by atomic mass is 10.0. The molecule has 0 aliphatic carbocycles. The molecule has 1 amide bonds. The molecule has 0 spiro atoms. The van der Waals surface area contributed by atoms with Gasteiger partial charge in [-0.25, -0.2) is 0 Å². The van der Waals surface area contributed by atoms with Gasteiger partial charge in [0.05, 0.1) is 6.04 Å². The summed E-state index contributed by atoms with van der Waals surface area (Å²) in [5.74, 6) is -0.0495. The second-order valence-electron chi connectivity index (χ2n) is 5.36. The lowest BCUT2D eigenvalue weighted by Gasteiger charge is -2.33. The van der Waals surface area contributed by atoms with Gasteiger partial charge in [0.1, 0.15) is 0 Å². The Morgan fingerprint density at radius 2 is 2.21 bits per heavy atom. The number of likely N-dealkylation sites (tertiary alicyclic amines) is 1. The van der Waals surface area contributed by atoms with E-state index in [9.17, 15) is 4.79 Å². The highest BCUT2D eigenvalue weighted by Crippen LogP contribution is 2.13. The zero-order valence-electron chi connectivity index (χ0n) is 11.5. The van der Waals surface area contributed by atoms with Crippen LogP contribution in [0.15, 0.2) is 30.3 Å². The van der Waals surface area contributed by atoms with Crippen LogP contribution in [0.4, 0.5) is 0 Å². The van der Waals surface area contributed by atoms with Crippen LogP contribution in [0.25, 0.3) is 0 Å². The van der Waals surface area contributed by atoms with E-state index in [0.29, 0.717) is 0 Å². The van der Waals surface area contributed by atoms with Crippen LogP contribution in [-0.2, 0) is 11.3 Å². The third kappa shape index (κ3) is 4.33. The maximum absolute atomic E-state index is 11.6. The molecule has 1 fully saturated rings. The van der Waals surface area contributed by atoms with E-state index in [1.807, 2.05) is 6.07 Å². The molecule has 1 aliphatic rings. The van der Waals surface area contributed by atoms with Gasteiger partial charge in [-0.15, -0.1) is 0 Å². The van der Waals surface area contributed by atoms with Crippen molar-refractivity contribution in [2.75, 3.05) is 13.1 Å². The Kier molecular flexibility index (Phi) is 4.93. The average Bonchev–Trinajstić information content (AvgIpc) is 2.40. The number of nitrogens with two attached hydrogens (primary N) is 1. The molecule has 1 aliphatic heterocycles. The van der Waals surface area contributed by atoms with E-state index in [0.717, 1.165) is 32.5 Å². The number of carbonyl (C=O) groups is 1. The highest BCUT2D eigenvalue weighted by molar-refractivity contribution is 5.81. The highest BCUT2D eigenvalue weighted by Gasteiger charge is 2.22. The first-order valence-electron chi connectivity index (χ1n) is 6.97. The largest absolute Gasteiger partial charge is 0.351 e. The lowest BCUT2D eigenvalue weighted by molar-refractivity contribution is -0.123. The normalized spacial score (nSPS) is 21.9. The van der Waals surface area contributed by atoms with Gasteiger partial charge in [-0.3, -0.25) is 9.69 Å². The number of nitrogens with one attached hydrogen (secondary N) is 1. The van der Waals surface area contributed by atoms with Crippen molar-refractivity contribution in [1.29, 1.82) is 0 Å². The summed E-state index contributed by atoms with van der Waals surface area (Å²) in [6.45, 7) is 4.68. The van der Waals surface area contributed by atoms with Crippen LogP contribution in [0.1, 0.15) is 25.3 Å². The zero-order valence-corrected chi connectivity index (χ0v) is 11.5. The van der Waals surface area contributed by atoms with E-state index >= 15 is 0 Å². The molecule has 3 N–H and O–H groups in total. The fourth-order valence-corrected chi connectivity index (χ4v) is 2.49. The zero-order chi connectivity index (χ0) is 13.7. The molecule has 0 saturated carbocycles. The van der Waals surface area contributed by atoms with Gasteiger partial charge in [-0.2, -0.15) is 0 Å². The second-order valence-corrected chi connectivity index (χ2v) is 5.36. The van der Waals surface area contributed by atoms with E-state index < -0.39 is 6.04 Å². The van der Waals surface area contributed by atoms with Gasteiger partial charge in [-0.1, -0.05) is 30.3 Å². The number of hydrogen-bond donors (Lipinski definition) is 2. The number of rotatable bonds is 4. The summed E-state index contributed by atoms with van der Waals surface area (Å²) in [5, 5.41) is 3.03. The summed E-state index contributed by atoms with van der Waals surface area (Å²) in [7, 11) is 0. The Morgan fingerprint density at radius 3 is 2.89 bits per heavy atom. The Balaban J connectivity index is 1.85. The summed E-state index contributed by atoms with van der Waals surface area (Å²) >= 11 is 0. The minimum absolute atomic E-state index is 0.0495. The van der Waals surface area contributed by atoms with Crippen molar-refractivity contribution in [3.8, 4) is 0 Å². The van der Waals surface area contributed by atoms with Crippen molar-refractivity contribution in [2.24, 2.45) is 5.73 Å². The Hall–Kier alpha value is -1.39. The summed E-state index contributed by atoms with van der Waals surface area (Å²) in [6.07, 6.45) is 2.17. The van der Waals surface area contributed by atoms with E-state index in [4.69, 9.17) is 5.73 Å². The molecular formula is C15H23N3O. The maximum Gasteiger partial charge on any atom is 0.236 e. The molecule has 4 nitrogen and oxygen atoms in total. The van der Waals surface area contributed by atoms with Crippen LogP contribution < -0.4 is 11.1 Å². The Bertz CT molecular complexity index is 405. The van der Waals surface area contributed by atoms with Crippen molar-refractivity contribution in [3.63, 3.8) is 0 Å². The molecule has 1 unspecified atom stereocenters. The SMILES string of the molecule is CC(N)C(=O)N[C@H]1CCCN(Cc2ccccc2)C1. The van der Waals surface area contributed by atoms with Gasteiger partial charge in [0.25, 0.3) is 0 Å². The van der Waals surface area contributed by atoms with Crippen molar-refractivity contribution >= 4 is 5.91 Å². The summed E-state index contributed by atoms with van der Waals surface area (Å²) in [4.78, 5) is 14.0. The minimum atomic E-state index is -0.426. The summed E-state index contributed by atoms with van der Waals surface area (Å²) in [5.41, 5.74) is 6.91. The fourth-order valence-electron chi connectivity index (χ4n) is 2.49.